The molecule has 0 unspecified atom stereocenters. The third kappa shape index (κ3) is 6.25. The monoisotopic (exact) mass is 466 g/mol. The first-order valence-corrected chi connectivity index (χ1v) is 10.5. The van der Waals surface area contributed by atoms with Gasteiger partial charge in [-0.05, 0) is 42.9 Å². The van der Waals surface area contributed by atoms with Crippen molar-refractivity contribution in [2.24, 2.45) is 11.3 Å². The second kappa shape index (κ2) is 10.2. The lowest BCUT2D eigenvalue weighted by Crippen LogP contribution is -2.35. The van der Waals surface area contributed by atoms with Crippen LogP contribution in [0, 0.1) is 18.3 Å². The van der Waals surface area contributed by atoms with Gasteiger partial charge in [-0.2, -0.15) is 13.2 Å². The Morgan fingerprint density at radius 2 is 1.97 bits per heavy atom. The summed E-state index contributed by atoms with van der Waals surface area (Å²) in [5, 5.41) is 7.12. The Bertz CT molecular complexity index is 974. The number of carboxylic acids is 1. The Morgan fingerprint density at radius 1 is 1.27 bits per heavy atom. The largest absolute Gasteiger partial charge is 0.490 e. The Balaban J connectivity index is 0.000000383. The van der Waals surface area contributed by atoms with Gasteiger partial charge in [-0.3, -0.25) is 9.78 Å². The van der Waals surface area contributed by atoms with Gasteiger partial charge < -0.3 is 14.7 Å². The molecule has 3 heterocycles. The molecule has 8 nitrogen and oxygen atoms in total. The summed E-state index contributed by atoms with van der Waals surface area (Å²) in [6.45, 7) is 4.81. The van der Waals surface area contributed by atoms with Gasteiger partial charge in [-0.25, -0.2) is 14.8 Å². The van der Waals surface area contributed by atoms with E-state index in [-0.39, 0.29) is 17.1 Å². The lowest BCUT2D eigenvalue weighted by atomic mass is 9.81. The van der Waals surface area contributed by atoms with E-state index in [0.717, 1.165) is 37.1 Å². The van der Waals surface area contributed by atoms with Gasteiger partial charge in [0.25, 0.3) is 5.91 Å². The van der Waals surface area contributed by atoms with Crippen molar-refractivity contribution in [3.8, 4) is 0 Å². The molecule has 2 aromatic heterocycles. The number of hydrogen-bond acceptors (Lipinski definition) is 6. The van der Waals surface area contributed by atoms with E-state index in [1.807, 2.05) is 24.2 Å². The normalized spacial score (nSPS) is 21.8. The Kier molecular flexibility index (Phi) is 7.62. The van der Waals surface area contributed by atoms with Crippen molar-refractivity contribution >= 4 is 11.9 Å². The minimum absolute atomic E-state index is 0.0674. The number of ether oxygens (including phenoxy) is 1. The Morgan fingerprint density at radius 3 is 2.61 bits per heavy atom. The van der Waals surface area contributed by atoms with Crippen LogP contribution in [0.15, 0.2) is 36.9 Å². The topological polar surface area (TPSA) is 106 Å². The number of hydrogen-bond donors (Lipinski definition) is 1. The maximum absolute atomic E-state index is 12.7. The molecular weight excluding hydrogens is 441 g/mol. The van der Waals surface area contributed by atoms with E-state index >= 15 is 0 Å². The molecule has 2 aromatic rings. The Hall–Kier alpha value is -3.08. The molecule has 1 amide bonds. The zero-order valence-electron chi connectivity index (χ0n) is 18.1. The summed E-state index contributed by atoms with van der Waals surface area (Å²) in [5.74, 6) is -2.03. The van der Waals surface area contributed by atoms with Crippen LogP contribution < -0.4 is 0 Å². The molecule has 11 heteroatoms. The van der Waals surface area contributed by atoms with E-state index < -0.39 is 12.1 Å². The number of halogens is 3. The number of carbonyl (C=O) groups excluding carboxylic acids is 1. The van der Waals surface area contributed by atoms with Gasteiger partial charge in [0.15, 0.2) is 0 Å². The molecular formula is C22H25F3N4O4. The fraction of sp³-hybridized carbons (Fsp3) is 0.500. The van der Waals surface area contributed by atoms with Crippen molar-refractivity contribution in [2.45, 2.75) is 39.0 Å². The van der Waals surface area contributed by atoms with E-state index in [1.54, 1.807) is 18.5 Å². The Labute approximate surface area is 188 Å². The second-order valence-corrected chi connectivity index (χ2v) is 8.38. The zero-order valence-corrected chi connectivity index (χ0v) is 18.1. The molecule has 0 bridgehead atoms. The molecule has 1 saturated carbocycles. The third-order valence-corrected chi connectivity index (χ3v) is 5.92. The molecule has 1 N–H and O–H groups in total. The predicted molar refractivity (Wildman–Crippen MR) is 110 cm³/mol. The quantitative estimate of drug-likeness (QED) is 0.721. The highest BCUT2D eigenvalue weighted by molar-refractivity contribution is 5.90. The van der Waals surface area contributed by atoms with Crippen LogP contribution in [-0.2, 0) is 16.1 Å². The van der Waals surface area contributed by atoms with Crippen molar-refractivity contribution in [1.82, 2.24) is 19.9 Å². The molecule has 1 aliphatic heterocycles. The summed E-state index contributed by atoms with van der Waals surface area (Å²) >= 11 is 0. The molecule has 2 atom stereocenters. The fourth-order valence-corrected chi connectivity index (χ4v) is 4.42. The van der Waals surface area contributed by atoms with Crippen LogP contribution in [0.2, 0.25) is 0 Å². The van der Waals surface area contributed by atoms with Crippen LogP contribution in [0.4, 0.5) is 13.2 Å². The number of fused-ring (bicyclic) bond motifs is 1. The highest BCUT2D eigenvalue weighted by Crippen LogP contribution is 2.49. The molecule has 4 rings (SSSR count). The number of pyridine rings is 1. The number of alkyl halides is 3. The van der Waals surface area contributed by atoms with Crippen LogP contribution in [0.25, 0.3) is 0 Å². The lowest BCUT2D eigenvalue weighted by molar-refractivity contribution is -0.192. The summed E-state index contributed by atoms with van der Waals surface area (Å²) in [6.07, 6.45) is 5.34. The second-order valence-electron chi connectivity index (χ2n) is 8.38. The van der Waals surface area contributed by atoms with Crippen LogP contribution >= 0.6 is 0 Å². The van der Waals surface area contributed by atoms with E-state index in [0.29, 0.717) is 19.1 Å². The van der Waals surface area contributed by atoms with Crippen molar-refractivity contribution in [3.05, 3.63) is 53.9 Å². The standard InChI is InChI=1S/C20H24N4O2.C2HF3O2/c1-15-8-16(10-21-9-15)12-26-14-20-5-2-4-17(20)11-24(13-20)19(25)18-22-6-3-7-23-18;3-2(4,5)1(6)7/h3,6-10,17H,2,4-5,11-14H2,1H3;(H,6,7)/t17-,20+;/m1./s1. The number of amides is 1. The van der Waals surface area contributed by atoms with Gasteiger partial charge in [0, 0.05) is 43.3 Å². The molecule has 1 saturated heterocycles. The van der Waals surface area contributed by atoms with E-state index in [4.69, 9.17) is 14.6 Å². The third-order valence-electron chi connectivity index (χ3n) is 5.92. The zero-order chi connectivity index (χ0) is 24.1. The van der Waals surface area contributed by atoms with Gasteiger partial charge in [0.05, 0.1) is 13.2 Å². The minimum atomic E-state index is -5.08. The molecule has 0 radical (unpaired) electrons. The number of rotatable bonds is 5. The number of aryl methyl sites for hydroxylation is 1. The van der Waals surface area contributed by atoms with Crippen molar-refractivity contribution in [1.29, 1.82) is 0 Å². The summed E-state index contributed by atoms with van der Waals surface area (Å²) in [5.41, 5.74) is 2.31. The van der Waals surface area contributed by atoms with Crippen molar-refractivity contribution in [3.63, 3.8) is 0 Å². The molecule has 0 aromatic carbocycles. The van der Waals surface area contributed by atoms with Gasteiger partial charge in [-0.1, -0.05) is 12.5 Å². The van der Waals surface area contributed by atoms with E-state index in [9.17, 15) is 18.0 Å². The van der Waals surface area contributed by atoms with Crippen molar-refractivity contribution < 1.29 is 32.6 Å². The molecule has 178 valence electrons. The highest BCUT2D eigenvalue weighted by atomic mass is 19.4. The van der Waals surface area contributed by atoms with E-state index in [1.165, 1.54) is 6.42 Å². The molecule has 2 fully saturated rings. The molecule has 33 heavy (non-hydrogen) atoms. The van der Waals surface area contributed by atoms with Crippen LogP contribution in [0.3, 0.4) is 0 Å². The number of aromatic nitrogens is 3. The van der Waals surface area contributed by atoms with E-state index in [2.05, 4.69) is 21.0 Å². The maximum atomic E-state index is 12.7. The number of carboxylic acid groups (broad SMARTS) is 1. The summed E-state index contributed by atoms with van der Waals surface area (Å²) in [4.78, 5) is 36.0. The summed E-state index contributed by atoms with van der Waals surface area (Å²) in [7, 11) is 0. The highest BCUT2D eigenvalue weighted by Gasteiger charge is 2.51. The smallest absolute Gasteiger partial charge is 0.475 e. The van der Waals surface area contributed by atoms with Gasteiger partial charge in [-0.15, -0.1) is 0 Å². The average Bonchev–Trinajstić information content (AvgIpc) is 3.31. The van der Waals surface area contributed by atoms with Gasteiger partial charge in [0.2, 0.25) is 5.82 Å². The first-order chi connectivity index (χ1) is 15.6. The lowest BCUT2D eigenvalue weighted by Gasteiger charge is -2.28. The van der Waals surface area contributed by atoms with Crippen LogP contribution in [0.5, 0.6) is 0 Å². The molecule has 0 spiro atoms. The average molecular weight is 466 g/mol. The fourth-order valence-electron chi connectivity index (χ4n) is 4.42. The molecule has 1 aliphatic carbocycles. The number of aliphatic carboxylic acids is 1. The SMILES string of the molecule is Cc1cncc(COC[C@@]23CCC[C@@H]2CN(C(=O)c2ncccn2)C3)c1.O=C(O)C(F)(F)F. The first kappa shape index (κ1) is 24.6. The maximum Gasteiger partial charge on any atom is 0.490 e. The number of carbonyl (C=O) groups is 2. The van der Waals surface area contributed by atoms with Crippen LogP contribution in [-0.4, -0.2) is 62.7 Å². The first-order valence-electron chi connectivity index (χ1n) is 10.5. The summed E-state index contributed by atoms with van der Waals surface area (Å²) in [6, 6.07) is 3.83. The minimum Gasteiger partial charge on any atom is -0.475 e. The number of likely N-dealkylation sites (tertiary alicyclic amines) is 1. The van der Waals surface area contributed by atoms with Crippen molar-refractivity contribution in [2.75, 3.05) is 19.7 Å². The predicted octanol–water partition coefficient (Wildman–Crippen LogP) is 3.27. The molecule has 2 aliphatic rings. The summed E-state index contributed by atoms with van der Waals surface area (Å²) < 4.78 is 37.8. The van der Waals surface area contributed by atoms with Gasteiger partial charge >= 0.3 is 12.1 Å². The van der Waals surface area contributed by atoms with Gasteiger partial charge in [0.1, 0.15) is 0 Å². The van der Waals surface area contributed by atoms with Crippen LogP contribution in [0.1, 0.15) is 41.0 Å². The number of nitrogens with zero attached hydrogens (tertiary/aromatic N) is 4.